The minimum absolute atomic E-state index is 0.0811. The Morgan fingerprint density at radius 3 is 2.25 bits per heavy atom. The second kappa shape index (κ2) is 7.97. The lowest BCUT2D eigenvalue weighted by atomic mass is 10.2. The molecule has 1 N–H and O–H groups in total. The van der Waals surface area contributed by atoms with Crippen molar-refractivity contribution < 1.29 is 14.4 Å². The SMILES string of the molecule is C[C@@H](Oc1ccccc1)C(=O)N1CC[NH+](Cc2ccccc2)CC1. The normalized spacial score (nSPS) is 16.6. The second-order valence-corrected chi connectivity index (χ2v) is 6.31. The fourth-order valence-electron chi connectivity index (χ4n) is 3.12. The van der Waals surface area contributed by atoms with Crippen LogP contribution in [0.4, 0.5) is 0 Å². The number of ether oxygens (including phenoxy) is 1. The van der Waals surface area contributed by atoms with Crippen LogP contribution in [0.3, 0.4) is 0 Å². The van der Waals surface area contributed by atoms with Crippen LogP contribution in [-0.2, 0) is 11.3 Å². The van der Waals surface area contributed by atoms with Crippen molar-refractivity contribution in [2.75, 3.05) is 26.2 Å². The summed E-state index contributed by atoms with van der Waals surface area (Å²) in [6, 6.07) is 20.1. The molecular formula is C20H25N2O2+. The van der Waals surface area contributed by atoms with E-state index in [0.717, 1.165) is 38.5 Å². The summed E-state index contributed by atoms with van der Waals surface area (Å²) in [6.07, 6.45) is -0.442. The standard InChI is InChI=1S/C20H24N2O2/c1-17(24-19-10-6-3-7-11-19)20(23)22-14-12-21(13-15-22)16-18-8-4-2-5-9-18/h2-11,17H,12-16H2,1H3/p+1/t17-/m1/s1. The van der Waals surface area contributed by atoms with E-state index in [1.165, 1.54) is 10.5 Å². The molecule has 0 radical (unpaired) electrons. The Morgan fingerprint density at radius 1 is 1.04 bits per heavy atom. The molecule has 0 spiro atoms. The number of carbonyl (C=O) groups excluding carboxylic acids is 1. The third kappa shape index (κ3) is 4.36. The molecule has 2 aromatic carbocycles. The van der Waals surface area contributed by atoms with Crippen molar-refractivity contribution in [1.82, 2.24) is 4.90 Å². The average Bonchev–Trinajstić information content (AvgIpc) is 2.63. The highest BCUT2D eigenvalue weighted by Gasteiger charge is 2.27. The van der Waals surface area contributed by atoms with E-state index < -0.39 is 6.10 Å². The van der Waals surface area contributed by atoms with E-state index in [1.807, 2.05) is 48.2 Å². The van der Waals surface area contributed by atoms with Crippen LogP contribution >= 0.6 is 0 Å². The number of amides is 1. The van der Waals surface area contributed by atoms with Crippen LogP contribution in [0.15, 0.2) is 60.7 Å². The van der Waals surface area contributed by atoms with Gasteiger partial charge in [-0.05, 0) is 19.1 Å². The minimum Gasteiger partial charge on any atom is -0.481 e. The summed E-state index contributed by atoms with van der Waals surface area (Å²) < 4.78 is 5.75. The summed E-state index contributed by atoms with van der Waals surface area (Å²) in [4.78, 5) is 16.0. The van der Waals surface area contributed by atoms with Crippen molar-refractivity contribution >= 4 is 5.91 Å². The summed E-state index contributed by atoms with van der Waals surface area (Å²) in [5.41, 5.74) is 1.35. The molecule has 0 bridgehead atoms. The number of nitrogens with zero attached hydrogens (tertiary/aromatic N) is 1. The Labute approximate surface area is 143 Å². The topological polar surface area (TPSA) is 34.0 Å². The number of carbonyl (C=O) groups is 1. The van der Waals surface area contributed by atoms with Crippen molar-refractivity contribution in [2.45, 2.75) is 19.6 Å². The highest BCUT2D eigenvalue weighted by atomic mass is 16.5. The van der Waals surface area contributed by atoms with E-state index in [2.05, 4.69) is 24.3 Å². The Balaban J connectivity index is 1.48. The molecular weight excluding hydrogens is 300 g/mol. The van der Waals surface area contributed by atoms with Gasteiger partial charge in [0.25, 0.3) is 5.91 Å². The van der Waals surface area contributed by atoms with Gasteiger partial charge < -0.3 is 14.5 Å². The van der Waals surface area contributed by atoms with E-state index in [1.54, 1.807) is 0 Å². The lowest BCUT2D eigenvalue weighted by molar-refractivity contribution is -0.917. The van der Waals surface area contributed by atoms with Gasteiger partial charge in [0.15, 0.2) is 6.10 Å². The van der Waals surface area contributed by atoms with Gasteiger partial charge in [0.05, 0.1) is 26.2 Å². The van der Waals surface area contributed by atoms with Crippen LogP contribution in [0, 0.1) is 0 Å². The van der Waals surface area contributed by atoms with E-state index in [-0.39, 0.29) is 5.91 Å². The van der Waals surface area contributed by atoms with Crippen molar-refractivity contribution in [3.05, 3.63) is 66.2 Å². The third-order valence-corrected chi connectivity index (χ3v) is 4.48. The Bertz CT molecular complexity index is 637. The number of hydrogen-bond acceptors (Lipinski definition) is 2. The van der Waals surface area contributed by atoms with Crippen molar-refractivity contribution in [2.24, 2.45) is 0 Å². The Hall–Kier alpha value is -2.33. The molecule has 1 atom stereocenters. The van der Waals surface area contributed by atoms with Gasteiger partial charge in [0.1, 0.15) is 12.3 Å². The molecule has 1 fully saturated rings. The molecule has 1 heterocycles. The summed E-state index contributed by atoms with van der Waals surface area (Å²) >= 11 is 0. The number of nitrogens with one attached hydrogen (secondary N) is 1. The maximum atomic E-state index is 12.6. The van der Waals surface area contributed by atoms with Gasteiger partial charge in [-0.15, -0.1) is 0 Å². The molecule has 1 aliphatic rings. The number of para-hydroxylation sites is 1. The predicted octanol–water partition coefficient (Wildman–Crippen LogP) is 1.38. The lowest BCUT2D eigenvalue weighted by Crippen LogP contribution is -3.13. The molecule has 0 unspecified atom stereocenters. The third-order valence-electron chi connectivity index (χ3n) is 4.48. The van der Waals surface area contributed by atoms with Crippen LogP contribution in [0.5, 0.6) is 5.75 Å². The van der Waals surface area contributed by atoms with Crippen LogP contribution < -0.4 is 9.64 Å². The molecule has 1 aliphatic heterocycles. The van der Waals surface area contributed by atoms with Gasteiger partial charge in [0.2, 0.25) is 0 Å². The molecule has 1 amide bonds. The number of rotatable bonds is 5. The molecule has 126 valence electrons. The number of quaternary nitrogens is 1. The molecule has 1 saturated heterocycles. The number of benzene rings is 2. The van der Waals surface area contributed by atoms with E-state index in [4.69, 9.17) is 4.74 Å². The average molecular weight is 325 g/mol. The van der Waals surface area contributed by atoms with Gasteiger partial charge in [-0.1, -0.05) is 48.5 Å². The fraction of sp³-hybridized carbons (Fsp3) is 0.350. The first-order valence-electron chi connectivity index (χ1n) is 8.60. The predicted molar refractivity (Wildman–Crippen MR) is 94.0 cm³/mol. The summed E-state index contributed by atoms with van der Waals surface area (Å²) in [6.45, 7) is 6.42. The van der Waals surface area contributed by atoms with Gasteiger partial charge in [-0.2, -0.15) is 0 Å². The van der Waals surface area contributed by atoms with Crippen LogP contribution in [-0.4, -0.2) is 43.1 Å². The smallest absolute Gasteiger partial charge is 0.263 e. The number of hydrogen-bond donors (Lipinski definition) is 1. The van der Waals surface area contributed by atoms with Crippen molar-refractivity contribution in [1.29, 1.82) is 0 Å². The summed E-state index contributed by atoms with van der Waals surface area (Å²) in [5, 5.41) is 0. The first kappa shape index (κ1) is 16.5. The highest BCUT2D eigenvalue weighted by Crippen LogP contribution is 2.12. The van der Waals surface area contributed by atoms with Gasteiger partial charge in [0, 0.05) is 5.56 Å². The van der Waals surface area contributed by atoms with Gasteiger partial charge in [-0.25, -0.2) is 0 Å². The maximum absolute atomic E-state index is 12.6. The van der Waals surface area contributed by atoms with E-state index >= 15 is 0 Å². The lowest BCUT2D eigenvalue weighted by Gasteiger charge is -2.33. The molecule has 2 aromatic rings. The zero-order valence-electron chi connectivity index (χ0n) is 14.2. The quantitative estimate of drug-likeness (QED) is 0.901. The van der Waals surface area contributed by atoms with E-state index in [9.17, 15) is 4.79 Å². The van der Waals surface area contributed by atoms with Crippen LogP contribution in [0.1, 0.15) is 12.5 Å². The van der Waals surface area contributed by atoms with Crippen molar-refractivity contribution in [3.8, 4) is 5.75 Å². The van der Waals surface area contributed by atoms with Crippen LogP contribution in [0.25, 0.3) is 0 Å². The molecule has 0 saturated carbocycles. The summed E-state index contributed by atoms with van der Waals surface area (Å²) in [7, 11) is 0. The maximum Gasteiger partial charge on any atom is 0.263 e. The Morgan fingerprint density at radius 2 is 1.62 bits per heavy atom. The first-order chi connectivity index (χ1) is 11.7. The van der Waals surface area contributed by atoms with Gasteiger partial charge in [-0.3, -0.25) is 4.79 Å². The largest absolute Gasteiger partial charge is 0.481 e. The summed E-state index contributed by atoms with van der Waals surface area (Å²) in [5.74, 6) is 0.823. The molecule has 0 aromatic heterocycles. The van der Waals surface area contributed by atoms with Crippen molar-refractivity contribution in [3.63, 3.8) is 0 Å². The molecule has 0 aliphatic carbocycles. The zero-order chi connectivity index (χ0) is 16.8. The molecule has 3 rings (SSSR count). The first-order valence-corrected chi connectivity index (χ1v) is 8.60. The van der Waals surface area contributed by atoms with Gasteiger partial charge >= 0.3 is 0 Å². The Kier molecular flexibility index (Phi) is 5.49. The zero-order valence-corrected chi connectivity index (χ0v) is 14.2. The van der Waals surface area contributed by atoms with E-state index in [0.29, 0.717) is 0 Å². The number of piperazine rings is 1. The minimum atomic E-state index is -0.442. The highest BCUT2D eigenvalue weighted by molar-refractivity contribution is 5.81. The molecule has 4 nitrogen and oxygen atoms in total. The monoisotopic (exact) mass is 325 g/mol. The van der Waals surface area contributed by atoms with Crippen LogP contribution in [0.2, 0.25) is 0 Å². The second-order valence-electron chi connectivity index (χ2n) is 6.31. The molecule has 24 heavy (non-hydrogen) atoms. The fourth-order valence-corrected chi connectivity index (χ4v) is 3.12. The molecule has 4 heteroatoms.